The number of nitrogens with one attached hydrogen (secondary N) is 1. The van der Waals surface area contributed by atoms with Crippen LogP contribution in [0.1, 0.15) is 12.0 Å². The molecule has 1 saturated heterocycles. The van der Waals surface area contributed by atoms with Crippen LogP contribution < -0.4 is 10.1 Å². The molecule has 2 aromatic rings. The molecule has 1 amide bonds. The number of amides is 1. The lowest BCUT2D eigenvalue weighted by Gasteiger charge is -2.11. The summed E-state index contributed by atoms with van der Waals surface area (Å²) in [4.78, 5) is 22.6. The summed E-state index contributed by atoms with van der Waals surface area (Å²) in [6.45, 7) is 0.853. The van der Waals surface area contributed by atoms with Gasteiger partial charge >= 0.3 is 5.97 Å². The Morgan fingerprint density at radius 2 is 2.11 bits per heavy atom. The standard InChI is InChI=1S/C19H19N3O5S/c1-26-8-9-27-15-7-6-12-4-2-3-5-13(12)14(15)11-20-22-19-21-18(25)16(28-19)10-17(23)24/h2-7,11,16H,8-10H2,1H3,(H,23,24)(H,21,22,25). The van der Waals surface area contributed by atoms with Gasteiger partial charge in [0.1, 0.15) is 17.6 Å². The van der Waals surface area contributed by atoms with Crippen LogP contribution in [0.15, 0.2) is 46.6 Å². The Bertz CT molecular complexity index is 944. The number of hydrogen-bond acceptors (Lipinski definition) is 7. The molecule has 1 aliphatic heterocycles. The summed E-state index contributed by atoms with van der Waals surface area (Å²) in [6, 6.07) is 11.6. The van der Waals surface area contributed by atoms with Crippen molar-refractivity contribution in [1.82, 2.24) is 5.32 Å². The number of carboxylic acids is 1. The van der Waals surface area contributed by atoms with E-state index in [-0.39, 0.29) is 17.5 Å². The maximum absolute atomic E-state index is 11.8. The predicted octanol–water partition coefficient (Wildman–Crippen LogP) is 2.26. The van der Waals surface area contributed by atoms with Gasteiger partial charge in [-0.25, -0.2) is 0 Å². The van der Waals surface area contributed by atoms with E-state index in [4.69, 9.17) is 14.6 Å². The van der Waals surface area contributed by atoms with Crippen LogP contribution in [0.3, 0.4) is 0 Å². The minimum Gasteiger partial charge on any atom is -0.490 e. The second-order valence-corrected chi connectivity index (χ2v) is 7.07. The zero-order chi connectivity index (χ0) is 19.9. The summed E-state index contributed by atoms with van der Waals surface area (Å²) in [5, 5.41) is 21.0. The third kappa shape index (κ3) is 4.87. The van der Waals surface area contributed by atoms with Gasteiger partial charge in [0, 0.05) is 12.7 Å². The van der Waals surface area contributed by atoms with Crippen molar-refractivity contribution in [3.05, 3.63) is 42.0 Å². The monoisotopic (exact) mass is 401 g/mol. The van der Waals surface area contributed by atoms with Crippen molar-refractivity contribution in [3.63, 3.8) is 0 Å². The number of carbonyl (C=O) groups excluding carboxylic acids is 1. The summed E-state index contributed by atoms with van der Waals surface area (Å²) in [5.74, 6) is -0.771. The van der Waals surface area contributed by atoms with Gasteiger partial charge in [0.25, 0.3) is 0 Å². The first kappa shape index (κ1) is 19.8. The topological polar surface area (TPSA) is 110 Å². The van der Waals surface area contributed by atoms with Gasteiger partial charge in [0.15, 0.2) is 5.17 Å². The van der Waals surface area contributed by atoms with E-state index in [1.165, 1.54) is 0 Å². The van der Waals surface area contributed by atoms with Crippen molar-refractivity contribution < 1.29 is 24.2 Å². The molecular formula is C19H19N3O5S. The van der Waals surface area contributed by atoms with E-state index in [0.717, 1.165) is 28.1 Å². The second-order valence-electron chi connectivity index (χ2n) is 5.88. The predicted molar refractivity (Wildman–Crippen MR) is 108 cm³/mol. The van der Waals surface area contributed by atoms with E-state index in [2.05, 4.69) is 15.5 Å². The van der Waals surface area contributed by atoms with Crippen molar-refractivity contribution in [2.75, 3.05) is 20.3 Å². The highest BCUT2D eigenvalue weighted by atomic mass is 32.2. The maximum atomic E-state index is 11.8. The molecule has 1 unspecified atom stereocenters. The number of benzene rings is 2. The van der Waals surface area contributed by atoms with Crippen LogP contribution in [0.5, 0.6) is 5.75 Å². The lowest BCUT2D eigenvalue weighted by atomic mass is 10.0. The molecule has 28 heavy (non-hydrogen) atoms. The Morgan fingerprint density at radius 3 is 2.89 bits per heavy atom. The van der Waals surface area contributed by atoms with Crippen LogP contribution in [-0.2, 0) is 14.3 Å². The van der Waals surface area contributed by atoms with E-state index in [9.17, 15) is 9.59 Å². The fourth-order valence-corrected chi connectivity index (χ4v) is 3.57. The van der Waals surface area contributed by atoms with Crippen molar-refractivity contribution in [2.24, 2.45) is 10.2 Å². The van der Waals surface area contributed by atoms with Crippen LogP contribution in [0, 0.1) is 0 Å². The number of methoxy groups -OCH3 is 1. The Balaban J connectivity index is 1.83. The average Bonchev–Trinajstić information content (AvgIpc) is 3.01. The first-order chi connectivity index (χ1) is 13.6. The molecule has 0 saturated carbocycles. The number of rotatable bonds is 8. The zero-order valence-electron chi connectivity index (χ0n) is 15.1. The normalized spacial score (nSPS) is 18.1. The number of thioether (sulfide) groups is 1. The lowest BCUT2D eigenvalue weighted by molar-refractivity contribution is -0.138. The quantitative estimate of drug-likeness (QED) is 0.399. The number of nitrogens with zero attached hydrogens (tertiary/aromatic N) is 2. The molecule has 146 valence electrons. The number of ether oxygens (including phenoxy) is 2. The van der Waals surface area contributed by atoms with Gasteiger partial charge in [-0.05, 0) is 16.8 Å². The highest BCUT2D eigenvalue weighted by Gasteiger charge is 2.32. The van der Waals surface area contributed by atoms with Crippen LogP contribution in [0.25, 0.3) is 10.8 Å². The molecule has 1 atom stereocenters. The smallest absolute Gasteiger partial charge is 0.305 e. The van der Waals surface area contributed by atoms with Crippen LogP contribution in [-0.4, -0.2) is 53.9 Å². The SMILES string of the molecule is COCCOc1ccc2ccccc2c1C=NN=C1NC(=O)C(CC(=O)O)S1. The van der Waals surface area contributed by atoms with Crippen molar-refractivity contribution in [2.45, 2.75) is 11.7 Å². The van der Waals surface area contributed by atoms with Crippen molar-refractivity contribution >= 4 is 45.8 Å². The third-order valence-electron chi connectivity index (χ3n) is 3.95. The van der Waals surface area contributed by atoms with Gasteiger partial charge in [0.2, 0.25) is 5.91 Å². The fourth-order valence-electron chi connectivity index (χ4n) is 2.65. The molecule has 0 spiro atoms. The molecule has 0 aliphatic carbocycles. The number of fused-ring (bicyclic) bond motifs is 1. The second kappa shape index (κ2) is 9.34. The number of aliphatic carboxylic acids is 1. The molecular weight excluding hydrogens is 382 g/mol. The number of carbonyl (C=O) groups is 2. The molecule has 2 aromatic carbocycles. The van der Waals surface area contributed by atoms with Gasteiger partial charge in [-0.1, -0.05) is 42.1 Å². The zero-order valence-corrected chi connectivity index (χ0v) is 15.9. The van der Waals surface area contributed by atoms with Crippen molar-refractivity contribution in [3.8, 4) is 5.75 Å². The molecule has 9 heteroatoms. The summed E-state index contributed by atoms with van der Waals surface area (Å²) < 4.78 is 10.8. The van der Waals surface area contributed by atoms with E-state index in [1.807, 2.05) is 36.4 Å². The lowest BCUT2D eigenvalue weighted by Crippen LogP contribution is -2.26. The molecule has 0 radical (unpaired) electrons. The minimum atomic E-state index is -1.04. The van der Waals surface area contributed by atoms with Gasteiger partial charge in [-0.2, -0.15) is 5.10 Å². The Kier molecular flexibility index (Phi) is 6.62. The highest BCUT2D eigenvalue weighted by Crippen LogP contribution is 2.27. The Hall–Kier alpha value is -2.91. The molecule has 0 aromatic heterocycles. The molecule has 0 bridgehead atoms. The van der Waals surface area contributed by atoms with Crippen LogP contribution in [0.2, 0.25) is 0 Å². The average molecular weight is 401 g/mol. The molecule has 1 aliphatic rings. The highest BCUT2D eigenvalue weighted by molar-refractivity contribution is 8.15. The molecule has 2 N–H and O–H groups in total. The van der Waals surface area contributed by atoms with Gasteiger partial charge in [-0.3, -0.25) is 9.59 Å². The minimum absolute atomic E-state index is 0.264. The van der Waals surface area contributed by atoms with E-state index >= 15 is 0 Å². The third-order valence-corrected chi connectivity index (χ3v) is 5.02. The van der Waals surface area contributed by atoms with Crippen molar-refractivity contribution in [1.29, 1.82) is 0 Å². The number of hydrogen-bond donors (Lipinski definition) is 2. The summed E-state index contributed by atoms with van der Waals surface area (Å²) in [7, 11) is 1.60. The summed E-state index contributed by atoms with van der Waals surface area (Å²) >= 11 is 1.05. The Morgan fingerprint density at radius 1 is 1.29 bits per heavy atom. The van der Waals surface area contributed by atoms with Gasteiger partial charge in [-0.15, -0.1) is 5.10 Å². The molecule has 3 rings (SSSR count). The number of amidine groups is 1. The Labute approximate surface area is 165 Å². The molecule has 1 fully saturated rings. The van der Waals surface area contributed by atoms with E-state index < -0.39 is 11.2 Å². The van der Waals surface area contributed by atoms with Crippen LogP contribution in [0.4, 0.5) is 0 Å². The van der Waals surface area contributed by atoms with Gasteiger partial charge < -0.3 is 19.9 Å². The largest absolute Gasteiger partial charge is 0.490 e. The van der Waals surface area contributed by atoms with E-state index in [0.29, 0.717) is 19.0 Å². The maximum Gasteiger partial charge on any atom is 0.305 e. The van der Waals surface area contributed by atoms with Gasteiger partial charge in [0.05, 0.1) is 19.2 Å². The number of carboxylic acid groups (broad SMARTS) is 1. The molecule has 8 nitrogen and oxygen atoms in total. The fraction of sp³-hybridized carbons (Fsp3) is 0.263. The molecule has 1 heterocycles. The first-order valence-corrected chi connectivity index (χ1v) is 9.40. The summed E-state index contributed by atoms with van der Waals surface area (Å²) in [5.41, 5.74) is 0.759. The van der Waals surface area contributed by atoms with Crippen LogP contribution >= 0.6 is 11.8 Å². The van der Waals surface area contributed by atoms with E-state index in [1.54, 1.807) is 13.3 Å². The summed E-state index contributed by atoms with van der Waals surface area (Å²) in [6.07, 6.45) is 1.30. The first-order valence-electron chi connectivity index (χ1n) is 8.52.